The maximum atomic E-state index is 10.9. The van der Waals surface area contributed by atoms with Gasteiger partial charge in [0, 0.05) is 12.1 Å². The summed E-state index contributed by atoms with van der Waals surface area (Å²) in [5.74, 6) is 2.13. The quantitative estimate of drug-likeness (QED) is 0.417. The van der Waals surface area contributed by atoms with Crippen LogP contribution in [0.1, 0.15) is 20.7 Å². The molecule has 27 heavy (non-hydrogen) atoms. The first-order valence-electron chi connectivity index (χ1n) is 8.31. The molecule has 0 saturated heterocycles. The molecule has 0 bridgehead atoms. The van der Waals surface area contributed by atoms with Crippen molar-refractivity contribution in [2.45, 2.75) is 0 Å². The molecular weight excluding hydrogens is 352 g/mol. The molecule has 2 aromatic rings. The number of aldehydes is 2. The van der Waals surface area contributed by atoms with Crippen LogP contribution in [-0.2, 0) is 4.74 Å². The molecule has 7 nitrogen and oxygen atoms in total. The fourth-order valence-corrected chi connectivity index (χ4v) is 2.30. The van der Waals surface area contributed by atoms with Crippen molar-refractivity contribution in [2.75, 3.05) is 40.6 Å². The Labute approximate surface area is 157 Å². The summed E-state index contributed by atoms with van der Waals surface area (Å²) in [6.07, 6.45) is 1.46. The third-order valence-corrected chi connectivity index (χ3v) is 3.66. The van der Waals surface area contributed by atoms with Crippen LogP contribution in [0.25, 0.3) is 0 Å². The summed E-state index contributed by atoms with van der Waals surface area (Å²) in [7, 11) is 2.99. The highest BCUT2D eigenvalue weighted by Gasteiger charge is 2.05. The molecule has 0 aliphatic carbocycles. The second kappa shape index (κ2) is 10.8. The highest BCUT2D eigenvalue weighted by atomic mass is 16.5. The molecule has 0 N–H and O–H groups in total. The van der Waals surface area contributed by atoms with Crippen LogP contribution in [0, 0.1) is 0 Å². The average Bonchev–Trinajstić information content (AvgIpc) is 2.72. The van der Waals surface area contributed by atoms with E-state index >= 15 is 0 Å². The van der Waals surface area contributed by atoms with Crippen LogP contribution in [-0.4, -0.2) is 53.2 Å². The van der Waals surface area contributed by atoms with Crippen molar-refractivity contribution >= 4 is 12.6 Å². The van der Waals surface area contributed by atoms with Gasteiger partial charge in [-0.05, 0) is 24.3 Å². The minimum Gasteiger partial charge on any atom is -0.496 e. The molecule has 7 heteroatoms. The molecule has 2 rings (SSSR count). The predicted molar refractivity (Wildman–Crippen MR) is 98.6 cm³/mol. The fraction of sp³-hybridized carbons (Fsp3) is 0.300. The lowest BCUT2D eigenvalue weighted by atomic mass is 10.2. The van der Waals surface area contributed by atoms with Gasteiger partial charge >= 0.3 is 0 Å². The first kappa shape index (κ1) is 20.3. The molecule has 0 aliphatic rings. The van der Waals surface area contributed by atoms with Crippen LogP contribution in [0.5, 0.6) is 23.0 Å². The third kappa shape index (κ3) is 6.00. The summed E-state index contributed by atoms with van der Waals surface area (Å²) in [6.45, 7) is 1.47. The van der Waals surface area contributed by atoms with E-state index in [4.69, 9.17) is 23.7 Å². The number of carbonyl (C=O) groups is 2. The van der Waals surface area contributed by atoms with Gasteiger partial charge in [0.2, 0.25) is 0 Å². The number of methoxy groups -OCH3 is 2. The molecule has 0 heterocycles. The van der Waals surface area contributed by atoms with Gasteiger partial charge in [-0.3, -0.25) is 9.59 Å². The van der Waals surface area contributed by atoms with Gasteiger partial charge < -0.3 is 23.7 Å². The number of carbonyl (C=O) groups excluding carboxylic acids is 2. The summed E-state index contributed by atoms with van der Waals surface area (Å²) >= 11 is 0. The van der Waals surface area contributed by atoms with Crippen LogP contribution >= 0.6 is 0 Å². The Morgan fingerprint density at radius 3 is 1.52 bits per heavy atom. The van der Waals surface area contributed by atoms with E-state index in [1.807, 2.05) is 0 Å². The van der Waals surface area contributed by atoms with E-state index in [9.17, 15) is 9.59 Å². The topological polar surface area (TPSA) is 80.3 Å². The van der Waals surface area contributed by atoms with Crippen molar-refractivity contribution in [2.24, 2.45) is 0 Å². The minimum atomic E-state index is 0.353. The minimum absolute atomic E-state index is 0.353. The van der Waals surface area contributed by atoms with Crippen molar-refractivity contribution in [1.82, 2.24) is 0 Å². The van der Waals surface area contributed by atoms with Gasteiger partial charge in [0.25, 0.3) is 0 Å². The Bertz CT molecular complexity index is 694. The van der Waals surface area contributed by atoms with E-state index in [0.717, 1.165) is 12.6 Å². The van der Waals surface area contributed by atoms with Gasteiger partial charge in [-0.15, -0.1) is 0 Å². The zero-order valence-corrected chi connectivity index (χ0v) is 15.3. The number of benzene rings is 2. The first-order chi connectivity index (χ1) is 13.2. The van der Waals surface area contributed by atoms with Crippen molar-refractivity contribution < 1.29 is 33.3 Å². The number of rotatable bonds is 12. The molecule has 0 aromatic heterocycles. The van der Waals surface area contributed by atoms with E-state index in [0.29, 0.717) is 60.6 Å². The summed E-state index contributed by atoms with van der Waals surface area (Å²) in [5, 5.41) is 0. The zero-order valence-electron chi connectivity index (χ0n) is 15.3. The lowest BCUT2D eigenvalue weighted by Crippen LogP contribution is -2.12. The molecular formula is C20H22O7. The van der Waals surface area contributed by atoms with Crippen molar-refractivity contribution in [1.29, 1.82) is 0 Å². The van der Waals surface area contributed by atoms with Crippen molar-refractivity contribution in [3.63, 3.8) is 0 Å². The van der Waals surface area contributed by atoms with Crippen molar-refractivity contribution in [3.05, 3.63) is 47.5 Å². The molecule has 144 valence electrons. The summed E-state index contributed by atoms with van der Waals surface area (Å²) < 4.78 is 26.8. The van der Waals surface area contributed by atoms with Gasteiger partial charge in [0.05, 0.1) is 38.6 Å². The monoisotopic (exact) mass is 374 g/mol. The van der Waals surface area contributed by atoms with Gasteiger partial charge in [0.15, 0.2) is 12.6 Å². The Morgan fingerprint density at radius 1 is 0.704 bits per heavy atom. The SMILES string of the molecule is COc1cc(OCCOCCOc2ccc(C=O)c(OC)c2)ccc1C=O. The molecule has 0 fully saturated rings. The smallest absolute Gasteiger partial charge is 0.153 e. The van der Waals surface area contributed by atoms with E-state index in [-0.39, 0.29) is 0 Å². The Balaban J connectivity index is 1.66. The number of ether oxygens (including phenoxy) is 5. The standard InChI is InChI=1S/C20H22O7/c1-23-19-11-17(5-3-15(19)13-21)26-9-7-25-8-10-27-18-6-4-16(14-22)20(12-18)24-2/h3-6,11-14H,7-10H2,1-2H3. The average molecular weight is 374 g/mol. The van der Waals surface area contributed by atoms with Crippen molar-refractivity contribution in [3.8, 4) is 23.0 Å². The highest BCUT2D eigenvalue weighted by Crippen LogP contribution is 2.24. The van der Waals surface area contributed by atoms with Crippen LogP contribution in [0.15, 0.2) is 36.4 Å². The van der Waals surface area contributed by atoms with Crippen LogP contribution < -0.4 is 18.9 Å². The molecule has 2 aromatic carbocycles. The van der Waals surface area contributed by atoms with E-state index in [1.54, 1.807) is 36.4 Å². The molecule has 0 unspecified atom stereocenters. The lowest BCUT2D eigenvalue weighted by Gasteiger charge is -2.11. The molecule has 0 radical (unpaired) electrons. The Morgan fingerprint density at radius 2 is 1.15 bits per heavy atom. The maximum absolute atomic E-state index is 10.9. The van der Waals surface area contributed by atoms with Gasteiger partial charge in [0.1, 0.15) is 36.2 Å². The van der Waals surface area contributed by atoms with Gasteiger partial charge in [-0.25, -0.2) is 0 Å². The zero-order chi connectivity index (χ0) is 19.5. The molecule has 0 aliphatic heterocycles. The Kier molecular flexibility index (Phi) is 8.12. The van der Waals surface area contributed by atoms with E-state index < -0.39 is 0 Å². The van der Waals surface area contributed by atoms with Gasteiger partial charge in [-0.2, -0.15) is 0 Å². The predicted octanol–water partition coefficient (Wildman–Crippen LogP) is 2.80. The summed E-state index contributed by atoms with van der Waals surface area (Å²) in [5.41, 5.74) is 0.937. The Hall–Kier alpha value is -3.06. The van der Waals surface area contributed by atoms with Crippen LogP contribution in [0.4, 0.5) is 0 Å². The molecule has 0 amide bonds. The van der Waals surface area contributed by atoms with E-state index in [2.05, 4.69) is 0 Å². The largest absolute Gasteiger partial charge is 0.496 e. The second-order valence-corrected chi connectivity index (χ2v) is 5.35. The number of hydrogen-bond donors (Lipinski definition) is 0. The fourth-order valence-electron chi connectivity index (χ4n) is 2.30. The van der Waals surface area contributed by atoms with Crippen LogP contribution in [0.2, 0.25) is 0 Å². The highest BCUT2D eigenvalue weighted by molar-refractivity contribution is 5.80. The molecule has 0 saturated carbocycles. The molecule has 0 atom stereocenters. The normalized spacial score (nSPS) is 10.1. The second-order valence-electron chi connectivity index (χ2n) is 5.35. The van der Waals surface area contributed by atoms with E-state index in [1.165, 1.54) is 14.2 Å². The third-order valence-electron chi connectivity index (χ3n) is 3.66. The summed E-state index contributed by atoms with van der Waals surface area (Å²) in [6, 6.07) is 9.99. The molecule has 0 spiro atoms. The maximum Gasteiger partial charge on any atom is 0.153 e. The van der Waals surface area contributed by atoms with Crippen LogP contribution in [0.3, 0.4) is 0 Å². The summed E-state index contributed by atoms with van der Waals surface area (Å²) in [4.78, 5) is 21.7. The van der Waals surface area contributed by atoms with Gasteiger partial charge in [-0.1, -0.05) is 0 Å². The number of hydrogen-bond acceptors (Lipinski definition) is 7. The first-order valence-corrected chi connectivity index (χ1v) is 8.31. The lowest BCUT2D eigenvalue weighted by molar-refractivity contribution is 0.0763.